The van der Waals surface area contributed by atoms with E-state index in [0.29, 0.717) is 36.9 Å². The minimum absolute atomic E-state index is 0.0223. The van der Waals surface area contributed by atoms with Crippen molar-refractivity contribution in [3.63, 3.8) is 0 Å². The molecule has 2 N–H and O–H groups in total. The van der Waals surface area contributed by atoms with Gasteiger partial charge in [-0.25, -0.2) is 9.59 Å². The monoisotopic (exact) mass is 1200 g/mol. The van der Waals surface area contributed by atoms with Gasteiger partial charge in [-0.05, 0) is 114 Å². The normalized spacial score (nSPS) is 12.8. The zero-order valence-corrected chi connectivity index (χ0v) is 48.2. The van der Waals surface area contributed by atoms with Gasteiger partial charge in [0.15, 0.2) is 11.4 Å². The summed E-state index contributed by atoms with van der Waals surface area (Å²) in [5, 5.41) is 17.0. The van der Waals surface area contributed by atoms with Gasteiger partial charge >= 0.3 is 18.1 Å². The molecule has 0 radical (unpaired) electrons. The third-order valence-electron chi connectivity index (χ3n) is 10.5. The van der Waals surface area contributed by atoms with Crippen LogP contribution in [0.1, 0.15) is 75.5 Å². The number of aryl methyl sites for hydroxylation is 2. The summed E-state index contributed by atoms with van der Waals surface area (Å²) in [5.41, 5.74) is 1.77. The molecular formula is C52H60Cl5F3N8O11. The van der Waals surface area contributed by atoms with Gasteiger partial charge in [0.25, 0.3) is 11.6 Å². The second-order valence-corrected chi connectivity index (χ2v) is 19.0. The third kappa shape index (κ3) is 20.6. The second-order valence-electron chi connectivity index (χ2n) is 16.9. The fourth-order valence-corrected chi connectivity index (χ4v) is 7.88. The minimum Gasteiger partial charge on any atom is -0.489 e. The first-order valence-corrected chi connectivity index (χ1v) is 26.3. The molecule has 0 saturated heterocycles. The molecule has 1 aliphatic rings. The fraction of sp³-hybridized carbons (Fsp3) is 0.404. The second kappa shape index (κ2) is 32.6. The van der Waals surface area contributed by atoms with Crippen molar-refractivity contribution >= 4 is 111 Å². The number of benzene rings is 4. The van der Waals surface area contributed by atoms with Crippen LogP contribution < -0.4 is 29.9 Å². The van der Waals surface area contributed by atoms with Crippen molar-refractivity contribution < 1.29 is 61.0 Å². The van der Waals surface area contributed by atoms with Crippen LogP contribution in [0.5, 0.6) is 17.2 Å². The van der Waals surface area contributed by atoms with Crippen LogP contribution in [0.15, 0.2) is 78.9 Å². The summed E-state index contributed by atoms with van der Waals surface area (Å²) in [6.07, 6.45) is -3.73. The van der Waals surface area contributed by atoms with Crippen molar-refractivity contribution in [3.05, 3.63) is 122 Å². The van der Waals surface area contributed by atoms with Crippen LogP contribution >= 0.6 is 58.0 Å². The summed E-state index contributed by atoms with van der Waals surface area (Å²) in [7, 11) is 1.64. The number of ether oxygens (including phenoxy) is 5. The molecule has 0 bridgehead atoms. The molecule has 2 heterocycles. The summed E-state index contributed by atoms with van der Waals surface area (Å²) < 4.78 is 63.5. The summed E-state index contributed by atoms with van der Waals surface area (Å²) in [6.45, 7) is 16.5. The Balaban J connectivity index is 0.000000290. The van der Waals surface area contributed by atoms with Gasteiger partial charge in [-0.15, -0.1) is 11.6 Å². The summed E-state index contributed by atoms with van der Waals surface area (Å²) >= 11 is 28.5. The Kier molecular flexibility index (Phi) is 27.6. The van der Waals surface area contributed by atoms with E-state index in [2.05, 4.69) is 43.3 Å². The lowest BCUT2D eigenvalue weighted by Crippen LogP contribution is -2.47. The standard InChI is InChI=1S/C18H13ClF3NO7.C15H22ClNO2.C11H11Cl2NO2.C8H14ClN5/c1-2-28-16(24)9-29-17(25)12-8-11(4-5-14(12)23(26)27)30-15-6-3-10(7-13(15)19)18(20,21)22;1-5-13-8-6-7-11(2)15(13)17(14(18)9-16)12(3)10-19-4;1-7-6-16-9-5-3-2-4-8(9)14(7)11(15)10(12)13;1-4-10-7-12-6(9)13-8(14-7)11-5(2)3/h3-8H,2,9H2,1H3;6-8,12H,5,9-10H2,1-4H3;2-5,7,10H,6H2,1H3;5H,4H2,1-3H3,(H2,10,11,12,13,14). The van der Waals surface area contributed by atoms with Crippen molar-refractivity contribution in [1.82, 2.24) is 15.0 Å². The van der Waals surface area contributed by atoms with Crippen molar-refractivity contribution in [3.8, 4) is 17.2 Å². The van der Waals surface area contributed by atoms with E-state index in [1.165, 1.54) is 6.92 Å². The Hall–Kier alpha value is -6.43. The maximum Gasteiger partial charge on any atom is 0.416 e. The molecule has 0 fully saturated rings. The van der Waals surface area contributed by atoms with Crippen molar-refractivity contribution in [2.45, 2.75) is 90.9 Å². The van der Waals surface area contributed by atoms with E-state index in [-0.39, 0.29) is 64.2 Å². The van der Waals surface area contributed by atoms with E-state index >= 15 is 0 Å². The van der Waals surface area contributed by atoms with E-state index in [1.807, 2.05) is 77.9 Å². The SMILES string of the molecule is CC1COc2ccccc2N1C(=O)C(Cl)Cl.CCNc1nc(Cl)nc(NC(C)C)n1.CCOC(=O)COC(=O)c1cc(Oc2ccc(C(F)(F)F)cc2Cl)ccc1[N+](=O)[O-].CCc1cccc(C)c1N(C(=O)CCl)C(C)COC. The van der Waals surface area contributed by atoms with E-state index in [4.69, 9.17) is 77.0 Å². The average molecular weight is 1210 g/mol. The van der Waals surface area contributed by atoms with Gasteiger partial charge in [-0.3, -0.25) is 19.7 Å². The van der Waals surface area contributed by atoms with Crippen molar-refractivity contribution in [2.24, 2.45) is 0 Å². The van der Waals surface area contributed by atoms with Crippen molar-refractivity contribution in [2.75, 3.05) is 66.4 Å². The number of methoxy groups -OCH3 is 1. The molecule has 2 atom stereocenters. The van der Waals surface area contributed by atoms with Gasteiger partial charge in [0.2, 0.25) is 23.1 Å². The van der Waals surface area contributed by atoms with Gasteiger partial charge in [0, 0.05) is 31.8 Å². The van der Waals surface area contributed by atoms with Gasteiger partial charge < -0.3 is 44.1 Å². The number of carbonyl (C=O) groups is 4. The van der Waals surface area contributed by atoms with Gasteiger partial charge in [0.05, 0.1) is 52.2 Å². The molecule has 0 saturated carbocycles. The summed E-state index contributed by atoms with van der Waals surface area (Å²) in [5.74, 6) is -1.10. The number of halogens is 8. The average Bonchev–Trinajstić information content (AvgIpc) is 3.40. The van der Waals surface area contributed by atoms with Crippen LogP contribution in [0.3, 0.4) is 0 Å². The van der Waals surface area contributed by atoms with E-state index < -0.39 is 51.3 Å². The largest absolute Gasteiger partial charge is 0.489 e. The lowest BCUT2D eigenvalue weighted by atomic mass is 10.0. The van der Waals surface area contributed by atoms with Gasteiger partial charge in [-0.2, -0.15) is 28.1 Å². The number of fused-ring (bicyclic) bond motifs is 1. The number of alkyl halides is 6. The molecule has 4 aromatic carbocycles. The Morgan fingerprint density at radius 1 is 0.937 bits per heavy atom. The predicted octanol–water partition coefficient (Wildman–Crippen LogP) is 12.3. The smallest absolute Gasteiger partial charge is 0.416 e. The Morgan fingerprint density at radius 3 is 2.20 bits per heavy atom. The summed E-state index contributed by atoms with van der Waals surface area (Å²) in [6, 6.07) is 18.9. The Bertz CT molecular complexity index is 2860. The molecule has 5 aromatic rings. The molecule has 1 aromatic heterocycles. The number of nitrogens with one attached hydrogen (secondary N) is 2. The number of aromatic nitrogens is 3. The number of hydrogen-bond donors (Lipinski definition) is 2. The van der Waals surface area contributed by atoms with Gasteiger partial charge in [0.1, 0.15) is 35.3 Å². The number of amides is 2. The number of para-hydroxylation sites is 3. The number of nitro benzene ring substituents is 1. The third-order valence-corrected chi connectivity index (χ3v) is 11.6. The number of esters is 2. The fourth-order valence-electron chi connectivity index (χ4n) is 7.17. The maximum absolute atomic E-state index is 12.7. The molecule has 27 heteroatoms. The van der Waals surface area contributed by atoms with Crippen LogP contribution in [0.4, 0.5) is 42.1 Å². The van der Waals surface area contributed by atoms with E-state index in [9.17, 15) is 42.5 Å². The molecule has 2 unspecified atom stereocenters. The van der Waals surface area contributed by atoms with Gasteiger partial charge in [-0.1, -0.05) is 72.1 Å². The summed E-state index contributed by atoms with van der Waals surface area (Å²) in [4.78, 5) is 72.1. The number of nitro groups is 1. The molecule has 2 amide bonds. The predicted molar refractivity (Wildman–Crippen MR) is 299 cm³/mol. The van der Waals surface area contributed by atoms with E-state index in [1.54, 1.807) is 16.9 Å². The van der Waals surface area contributed by atoms with Crippen molar-refractivity contribution in [1.29, 1.82) is 0 Å². The van der Waals surface area contributed by atoms with Crippen LogP contribution in [0.25, 0.3) is 0 Å². The molecule has 430 valence electrons. The molecule has 6 rings (SSSR count). The zero-order chi connectivity index (χ0) is 59.1. The highest BCUT2D eigenvalue weighted by atomic mass is 35.5. The quantitative estimate of drug-likeness (QED) is 0.0360. The molecule has 0 aliphatic carbocycles. The Labute approximate surface area is 480 Å². The lowest BCUT2D eigenvalue weighted by molar-refractivity contribution is -0.385. The van der Waals surface area contributed by atoms with E-state index in [0.717, 1.165) is 65.8 Å². The number of rotatable bonds is 18. The maximum atomic E-state index is 12.7. The molecular weight excluding hydrogens is 1150 g/mol. The molecule has 79 heavy (non-hydrogen) atoms. The highest BCUT2D eigenvalue weighted by Crippen LogP contribution is 2.38. The van der Waals surface area contributed by atoms with Crippen LogP contribution in [0, 0.1) is 17.0 Å². The number of hydrogen-bond acceptors (Lipinski definition) is 16. The van der Waals surface area contributed by atoms with Crippen LogP contribution in [-0.2, 0) is 41.2 Å². The van der Waals surface area contributed by atoms with Crippen LogP contribution in [-0.4, -0.2) is 113 Å². The molecule has 19 nitrogen and oxygen atoms in total. The lowest BCUT2D eigenvalue weighted by Gasteiger charge is -2.35. The number of carbonyl (C=O) groups excluding carboxylic acids is 4. The topological polar surface area (TPSA) is 227 Å². The first kappa shape index (κ1) is 66.8. The Morgan fingerprint density at radius 2 is 1.62 bits per heavy atom. The minimum atomic E-state index is -4.61. The highest BCUT2D eigenvalue weighted by Gasteiger charge is 2.33. The molecule has 0 spiro atoms. The number of nitrogens with zero attached hydrogens (tertiary/aromatic N) is 6. The highest BCUT2D eigenvalue weighted by molar-refractivity contribution is 6.54. The first-order valence-electron chi connectivity index (χ1n) is 24.2. The number of anilines is 4. The first-order chi connectivity index (χ1) is 37.3. The zero-order valence-electron chi connectivity index (χ0n) is 44.5. The molecule has 1 aliphatic heterocycles. The van der Waals surface area contributed by atoms with Crippen LogP contribution in [0.2, 0.25) is 10.3 Å².